The first-order chi connectivity index (χ1) is 16.1. The largest absolute Gasteiger partial charge is 0.573 e. The van der Waals surface area contributed by atoms with Crippen molar-refractivity contribution in [3.05, 3.63) is 72.3 Å². The smallest absolute Gasteiger partial charge is 0.406 e. The van der Waals surface area contributed by atoms with E-state index in [9.17, 15) is 27.2 Å². The van der Waals surface area contributed by atoms with Crippen molar-refractivity contribution in [2.75, 3.05) is 30.4 Å². The molecule has 1 heterocycles. The third-order valence-electron chi connectivity index (χ3n) is 5.25. The van der Waals surface area contributed by atoms with Crippen molar-refractivity contribution in [1.29, 1.82) is 0 Å². The molecule has 0 bridgehead atoms. The van der Waals surface area contributed by atoms with Crippen LogP contribution in [0.25, 0.3) is 10.8 Å². The molecule has 0 unspecified atom stereocenters. The molecule has 34 heavy (non-hydrogen) atoms. The molecule has 11 heteroatoms. The fourth-order valence-electron chi connectivity index (χ4n) is 3.64. The quantitative estimate of drug-likeness (QED) is 0.223. The Morgan fingerprint density at radius 2 is 1.65 bits per heavy atom. The maximum Gasteiger partial charge on any atom is 0.573 e. The topological polar surface area (TPSA) is 39.2 Å². The molecule has 1 N–H and O–H groups in total. The van der Waals surface area contributed by atoms with Crippen LogP contribution in [0.15, 0.2) is 66.7 Å². The number of likely N-dealkylation sites (tertiary alicyclic amines) is 1. The number of benzene rings is 3. The minimum Gasteiger partial charge on any atom is -0.406 e. The third-order valence-corrected chi connectivity index (χ3v) is 6.04. The van der Waals surface area contributed by atoms with Gasteiger partial charge in [0.25, 0.3) is 5.92 Å². The standard InChI is InChI=1S/C23H22F5N3O2S/c24-22(25)15-29(16-22)11-12-34-31(32)30(20-8-7-18-3-1-2-4-19(18)13-20)14-17-5-9-21(10-6-17)33-23(26,27)28/h1-10,13,32H,11-12,14-16H2. The van der Waals surface area contributed by atoms with Crippen LogP contribution in [0.1, 0.15) is 5.56 Å². The zero-order valence-electron chi connectivity index (χ0n) is 17.9. The Balaban J connectivity index is 1.48. The van der Waals surface area contributed by atoms with E-state index < -0.39 is 12.3 Å². The second kappa shape index (κ2) is 9.95. The highest BCUT2D eigenvalue weighted by atomic mass is 32.2. The Morgan fingerprint density at radius 1 is 0.971 bits per heavy atom. The van der Waals surface area contributed by atoms with Gasteiger partial charge in [0.15, 0.2) is 0 Å². The zero-order valence-corrected chi connectivity index (χ0v) is 18.7. The second-order valence-corrected chi connectivity index (χ2v) is 8.93. The summed E-state index contributed by atoms with van der Waals surface area (Å²) in [6.07, 6.45) is -4.78. The van der Waals surface area contributed by atoms with Crippen LogP contribution in [0.4, 0.5) is 27.6 Å². The first-order valence-electron chi connectivity index (χ1n) is 10.4. The van der Waals surface area contributed by atoms with Gasteiger partial charge in [-0.2, -0.15) is 0 Å². The van der Waals surface area contributed by atoms with Crippen molar-refractivity contribution in [2.45, 2.75) is 18.8 Å². The van der Waals surface area contributed by atoms with Gasteiger partial charge in [-0.15, -0.1) is 13.2 Å². The fourth-order valence-corrected chi connectivity index (χ4v) is 4.44. The Kier molecular flexibility index (Phi) is 7.17. The van der Waals surface area contributed by atoms with Gasteiger partial charge in [0.2, 0.25) is 0 Å². The van der Waals surface area contributed by atoms with Crippen LogP contribution >= 0.6 is 11.9 Å². The first-order valence-corrected chi connectivity index (χ1v) is 11.4. The fraction of sp³-hybridized carbons (Fsp3) is 0.304. The predicted octanol–water partition coefficient (Wildman–Crippen LogP) is 5.95. The molecule has 1 aliphatic rings. The van der Waals surface area contributed by atoms with E-state index in [1.165, 1.54) is 24.3 Å². The molecule has 3 aromatic rings. The van der Waals surface area contributed by atoms with Crippen molar-refractivity contribution >= 4 is 28.4 Å². The number of halogens is 5. The molecule has 3 aromatic carbocycles. The van der Waals surface area contributed by atoms with Gasteiger partial charge in [-0.3, -0.25) is 15.1 Å². The number of hydrogen-bond donors (Lipinski definition) is 1. The lowest BCUT2D eigenvalue weighted by molar-refractivity contribution is -0.274. The lowest BCUT2D eigenvalue weighted by Gasteiger charge is -2.39. The van der Waals surface area contributed by atoms with Crippen LogP contribution in [-0.2, 0) is 6.54 Å². The molecule has 1 saturated heterocycles. The van der Waals surface area contributed by atoms with Crippen molar-refractivity contribution in [3.63, 3.8) is 0 Å². The minimum absolute atomic E-state index is 0.149. The number of ether oxygens (including phenoxy) is 1. The van der Waals surface area contributed by atoms with E-state index in [4.69, 9.17) is 0 Å². The molecule has 4 rings (SSSR count). The van der Waals surface area contributed by atoms with Gasteiger partial charge in [-0.05, 0) is 57.1 Å². The molecule has 0 aliphatic carbocycles. The molecular formula is C23H22F5N3O2S. The SMILES string of the molecule is ON(SCCN1CC(F)(F)C1)N(Cc1ccc(OC(F)(F)F)cc1)c1ccc2ccccc2c1. The number of hydrogen-bond acceptors (Lipinski definition) is 6. The summed E-state index contributed by atoms with van der Waals surface area (Å²) in [5.74, 6) is -2.62. The lowest BCUT2D eigenvalue weighted by Crippen LogP contribution is -2.56. The van der Waals surface area contributed by atoms with Crippen LogP contribution in [-0.4, -0.2) is 52.4 Å². The van der Waals surface area contributed by atoms with Gasteiger partial charge < -0.3 is 4.74 Å². The highest BCUT2D eigenvalue weighted by Crippen LogP contribution is 2.30. The van der Waals surface area contributed by atoms with Crippen molar-refractivity contribution in [3.8, 4) is 5.75 Å². The van der Waals surface area contributed by atoms with Gasteiger partial charge in [0.05, 0.1) is 25.3 Å². The average Bonchev–Trinajstić information content (AvgIpc) is 2.76. The monoisotopic (exact) mass is 499 g/mol. The average molecular weight is 500 g/mol. The summed E-state index contributed by atoms with van der Waals surface area (Å²) in [5, 5.41) is 14.3. The normalized spacial score (nSPS) is 16.0. The molecule has 182 valence electrons. The Labute approximate surface area is 197 Å². The molecule has 1 aliphatic heterocycles. The summed E-state index contributed by atoms with van der Waals surface area (Å²) < 4.78 is 68.2. The van der Waals surface area contributed by atoms with Crippen LogP contribution in [0, 0.1) is 0 Å². The number of rotatable bonds is 9. The predicted molar refractivity (Wildman–Crippen MR) is 121 cm³/mol. The first kappa shape index (κ1) is 24.5. The Bertz CT molecular complexity index is 1110. The van der Waals surface area contributed by atoms with Crippen LogP contribution in [0.3, 0.4) is 0 Å². The molecule has 0 amide bonds. The molecule has 0 saturated carbocycles. The second-order valence-electron chi connectivity index (χ2n) is 7.93. The Morgan fingerprint density at radius 3 is 2.29 bits per heavy atom. The lowest BCUT2D eigenvalue weighted by atomic mass is 10.1. The molecular weight excluding hydrogens is 477 g/mol. The van der Waals surface area contributed by atoms with Crippen LogP contribution in [0.5, 0.6) is 5.75 Å². The Hall–Kier alpha value is -2.60. The van der Waals surface area contributed by atoms with Gasteiger partial charge in [-0.25, -0.2) is 8.78 Å². The van der Waals surface area contributed by atoms with E-state index in [0.29, 0.717) is 23.5 Å². The number of alkyl halides is 5. The van der Waals surface area contributed by atoms with Crippen molar-refractivity contribution in [2.24, 2.45) is 0 Å². The van der Waals surface area contributed by atoms with Crippen molar-refractivity contribution in [1.82, 2.24) is 9.48 Å². The van der Waals surface area contributed by atoms with Crippen LogP contribution < -0.4 is 9.75 Å². The molecule has 0 aromatic heterocycles. The van der Waals surface area contributed by atoms with Gasteiger partial charge in [0, 0.05) is 12.3 Å². The van der Waals surface area contributed by atoms with E-state index in [2.05, 4.69) is 4.74 Å². The molecule has 5 nitrogen and oxygen atoms in total. The summed E-state index contributed by atoms with van der Waals surface area (Å²) in [6.45, 7) is -0.0538. The van der Waals surface area contributed by atoms with E-state index in [1.807, 2.05) is 42.5 Å². The summed E-state index contributed by atoms with van der Waals surface area (Å²) >= 11 is 1.05. The molecule has 0 atom stereocenters. The van der Waals surface area contributed by atoms with E-state index in [0.717, 1.165) is 27.3 Å². The number of nitrogens with zero attached hydrogens (tertiary/aromatic N) is 3. The summed E-state index contributed by atoms with van der Waals surface area (Å²) in [5.41, 5.74) is 1.28. The van der Waals surface area contributed by atoms with Gasteiger partial charge in [-0.1, -0.05) is 42.5 Å². The summed E-state index contributed by atoms with van der Waals surface area (Å²) in [6, 6.07) is 18.7. The molecule has 1 fully saturated rings. The van der Waals surface area contributed by atoms with Crippen molar-refractivity contribution < 1.29 is 31.9 Å². The highest BCUT2D eigenvalue weighted by Gasteiger charge is 2.43. The minimum atomic E-state index is -4.78. The molecule has 0 radical (unpaired) electrons. The third kappa shape index (κ3) is 6.50. The number of hydrazine groups is 1. The van der Waals surface area contributed by atoms with Gasteiger partial charge >= 0.3 is 6.36 Å². The maximum absolute atomic E-state index is 13.0. The highest BCUT2D eigenvalue weighted by molar-refractivity contribution is 7.96. The number of fused-ring (bicyclic) bond motifs is 1. The van der Waals surface area contributed by atoms with Crippen LogP contribution in [0.2, 0.25) is 0 Å². The summed E-state index contributed by atoms with van der Waals surface area (Å²) in [4.78, 5) is 1.60. The summed E-state index contributed by atoms with van der Waals surface area (Å²) in [7, 11) is 0. The number of anilines is 1. The van der Waals surface area contributed by atoms with E-state index >= 15 is 0 Å². The molecule has 0 spiro atoms. The maximum atomic E-state index is 13.0. The van der Waals surface area contributed by atoms with Gasteiger partial charge in [0.1, 0.15) is 5.75 Å². The van der Waals surface area contributed by atoms with E-state index in [1.54, 1.807) is 9.91 Å². The zero-order chi connectivity index (χ0) is 24.3. The van der Waals surface area contributed by atoms with E-state index in [-0.39, 0.29) is 25.4 Å².